The number of aromatic nitrogens is 1. The molecule has 3 aromatic rings. The first kappa shape index (κ1) is 23.8. The lowest BCUT2D eigenvalue weighted by Gasteiger charge is -2.26. The predicted molar refractivity (Wildman–Crippen MR) is 136 cm³/mol. The van der Waals surface area contributed by atoms with Crippen molar-refractivity contribution < 1.29 is 9.84 Å². The summed E-state index contributed by atoms with van der Waals surface area (Å²) in [6, 6.07) is 16.8. The SMILES string of the molecule is Cc1c(C)n(C[C@@H](O)CN(C)Cc2cccc(OCCN3CCCCC3)c2)c2ccccc12. The topological polar surface area (TPSA) is 40.9 Å². The summed E-state index contributed by atoms with van der Waals surface area (Å²) >= 11 is 0. The van der Waals surface area contributed by atoms with Gasteiger partial charge in [0, 0.05) is 36.2 Å². The largest absolute Gasteiger partial charge is 0.492 e. The van der Waals surface area contributed by atoms with Gasteiger partial charge < -0.3 is 14.4 Å². The summed E-state index contributed by atoms with van der Waals surface area (Å²) < 4.78 is 8.28. The Morgan fingerprint density at radius 1 is 1.03 bits per heavy atom. The molecular weight excluding hydrogens is 410 g/mol. The van der Waals surface area contributed by atoms with Gasteiger partial charge >= 0.3 is 0 Å². The minimum atomic E-state index is -0.437. The van der Waals surface area contributed by atoms with Gasteiger partial charge in [0.2, 0.25) is 0 Å². The number of aliphatic hydroxyl groups is 1. The first-order valence-electron chi connectivity index (χ1n) is 12.4. The summed E-state index contributed by atoms with van der Waals surface area (Å²) in [7, 11) is 2.07. The Morgan fingerprint density at radius 2 is 1.82 bits per heavy atom. The molecule has 0 spiro atoms. The summed E-state index contributed by atoms with van der Waals surface area (Å²) in [5.74, 6) is 0.934. The zero-order chi connectivity index (χ0) is 23.2. The van der Waals surface area contributed by atoms with E-state index in [1.165, 1.54) is 60.1 Å². The number of ether oxygens (including phenoxy) is 1. The maximum atomic E-state index is 10.8. The highest BCUT2D eigenvalue weighted by atomic mass is 16.5. The van der Waals surface area contributed by atoms with E-state index in [-0.39, 0.29) is 0 Å². The molecule has 4 rings (SSSR count). The van der Waals surface area contributed by atoms with E-state index in [4.69, 9.17) is 4.74 Å². The first-order chi connectivity index (χ1) is 16.0. The lowest BCUT2D eigenvalue weighted by atomic mass is 10.1. The van der Waals surface area contributed by atoms with E-state index in [0.29, 0.717) is 13.1 Å². The maximum Gasteiger partial charge on any atom is 0.119 e. The molecular formula is C28H39N3O2. The molecule has 0 saturated carbocycles. The van der Waals surface area contributed by atoms with E-state index >= 15 is 0 Å². The third-order valence-corrected chi connectivity index (χ3v) is 6.94. The van der Waals surface area contributed by atoms with Gasteiger partial charge in [0.15, 0.2) is 0 Å². The van der Waals surface area contributed by atoms with Gasteiger partial charge in [0.05, 0.1) is 12.6 Å². The zero-order valence-electron chi connectivity index (χ0n) is 20.5. The standard InChI is InChI=1S/C28H39N3O2/c1-22-23(2)31(28-13-6-5-12-27(22)28)21-25(32)20-29(3)19-24-10-9-11-26(18-24)33-17-16-30-14-7-4-8-15-30/h5-6,9-13,18,25,32H,4,7-8,14-17,19-21H2,1-3H3/t25-/m0/s1. The summed E-state index contributed by atoms with van der Waals surface area (Å²) in [5, 5.41) is 12.1. The monoisotopic (exact) mass is 449 g/mol. The van der Waals surface area contributed by atoms with E-state index in [1.54, 1.807) is 0 Å². The van der Waals surface area contributed by atoms with E-state index in [9.17, 15) is 5.11 Å². The van der Waals surface area contributed by atoms with Gasteiger partial charge in [-0.1, -0.05) is 36.8 Å². The van der Waals surface area contributed by atoms with Crippen molar-refractivity contribution >= 4 is 10.9 Å². The molecule has 1 N–H and O–H groups in total. The van der Waals surface area contributed by atoms with Crippen molar-refractivity contribution in [2.75, 3.05) is 39.8 Å². The average molecular weight is 450 g/mol. The molecule has 0 radical (unpaired) electrons. The molecule has 2 aromatic carbocycles. The van der Waals surface area contributed by atoms with Crippen LogP contribution in [0.15, 0.2) is 48.5 Å². The van der Waals surface area contributed by atoms with Gasteiger partial charge in [0.1, 0.15) is 12.4 Å². The van der Waals surface area contributed by atoms with Crippen LogP contribution >= 0.6 is 0 Å². The van der Waals surface area contributed by atoms with E-state index in [1.807, 2.05) is 6.07 Å². The Bertz CT molecular complexity index is 1040. The number of aryl methyl sites for hydroxylation is 1. The summed E-state index contributed by atoms with van der Waals surface area (Å²) in [5.41, 5.74) is 4.93. The molecule has 1 atom stereocenters. The van der Waals surface area contributed by atoms with Crippen molar-refractivity contribution in [3.05, 3.63) is 65.4 Å². The predicted octanol–water partition coefficient (Wildman–Crippen LogP) is 4.62. The number of likely N-dealkylation sites (N-methyl/N-ethyl adjacent to an activating group) is 1. The van der Waals surface area contributed by atoms with Crippen LogP contribution < -0.4 is 4.74 Å². The average Bonchev–Trinajstić information content (AvgIpc) is 3.05. The summed E-state index contributed by atoms with van der Waals surface area (Å²) in [6.45, 7) is 10.4. The van der Waals surface area contributed by atoms with Crippen LogP contribution in [0.25, 0.3) is 10.9 Å². The Labute approximate surface area is 198 Å². The van der Waals surface area contributed by atoms with Crippen LogP contribution in [0, 0.1) is 13.8 Å². The summed E-state index contributed by atoms with van der Waals surface area (Å²) in [6.07, 6.45) is 3.55. The van der Waals surface area contributed by atoms with Crippen LogP contribution in [0.4, 0.5) is 0 Å². The number of rotatable bonds is 10. The Kier molecular flexibility index (Phi) is 8.07. The lowest BCUT2D eigenvalue weighted by molar-refractivity contribution is 0.108. The van der Waals surface area contributed by atoms with Crippen LogP contribution in [0.1, 0.15) is 36.1 Å². The van der Waals surface area contributed by atoms with Crippen molar-refractivity contribution in [3.8, 4) is 5.75 Å². The first-order valence-corrected chi connectivity index (χ1v) is 12.4. The fraction of sp³-hybridized carbons (Fsp3) is 0.500. The second kappa shape index (κ2) is 11.2. The number of piperidine rings is 1. The molecule has 1 aromatic heterocycles. The zero-order valence-corrected chi connectivity index (χ0v) is 20.5. The van der Waals surface area contributed by atoms with Gasteiger partial charge in [-0.25, -0.2) is 0 Å². The molecule has 0 bridgehead atoms. The third-order valence-electron chi connectivity index (χ3n) is 6.94. The highest BCUT2D eigenvalue weighted by molar-refractivity contribution is 5.85. The van der Waals surface area contributed by atoms with Gasteiger partial charge in [0.25, 0.3) is 0 Å². The Balaban J connectivity index is 1.28. The van der Waals surface area contributed by atoms with Crippen molar-refractivity contribution in [1.29, 1.82) is 0 Å². The number of hydrogen-bond acceptors (Lipinski definition) is 4. The van der Waals surface area contributed by atoms with Crippen LogP contribution in [-0.2, 0) is 13.1 Å². The van der Waals surface area contributed by atoms with Gasteiger partial charge in [-0.05, 0) is 76.2 Å². The molecule has 1 saturated heterocycles. The normalized spacial score (nSPS) is 15.9. The maximum absolute atomic E-state index is 10.8. The van der Waals surface area contributed by atoms with Crippen molar-refractivity contribution in [3.63, 3.8) is 0 Å². The molecule has 5 heteroatoms. The fourth-order valence-electron chi connectivity index (χ4n) is 5.05. The van der Waals surface area contributed by atoms with Crippen molar-refractivity contribution in [2.24, 2.45) is 0 Å². The van der Waals surface area contributed by atoms with Gasteiger partial charge in [-0.15, -0.1) is 0 Å². The lowest BCUT2D eigenvalue weighted by Crippen LogP contribution is -2.33. The Hall–Kier alpha value is -2.34. The molecule has 2 heterocycles. The number of nitrogens with zero attached hydrogens (tertiary/aromatic N) is 3. The highest BCUT2D eigenvalue weighted by Gasteiger charge is 2.15. The highest BCUT2D eigenvalue weighted by Crippen LogP contribution is 2.25. The molecule has 178 valence electrons. The number of aliphatic hydroxyl groups excluding tert-OH is 1. The molecule has 1 aliphatic heterocycles. The third kappa shape index (κ3) is 6.17. The summed E-state index contributed by atoms with van der Waals surface area (Å²) in [4.78, 5) is 4.69. The van der Waals surface area contributed by atoms with Crippen molar-refractivity contribution in [1.82, 2.24) is 14.4 Å². The number of benzene rings is 2. The van der Waals surface area contributed by atoms with Crippen LogP contribution in [0.3, 0.4) is 0 Å². The second-order valence-corrected chi connectivity index (χ2v) is 9.59. The molecule has 1 fully saturated rings. The van der Waals surface area contributed by atoms with Crippen LogP contribution in [0.5, 0.6) is 5.75 Å². The number of fused-ring (bicyclic) bond motifs is 1. The fourth-order valence-corrected chi connectivity index (χ4v) is 5.05. The quantitative estimate of drug-likeness (QED) is 0.491. The van der Waals surface area contributed by atoms with Crippen LogP contribution in [0.2, 0.25) is 0 Å². The van der Waals surface area contributed by atoms with Gasteiger partial charge in [-0.3, -0.25) is 9.80 Å². The van der Waals surface area contributed by atoms with E-state index < -0.39 is 6.10 Å². The number of para-hydroxylation sites is 1. The molecule has 1 aliphatic rings. The van der Waals surface area contributed by atoms with E-state index in [0.717, 1.165) is 25.4 Å². The smallest absolute Gasteiger partial charge is 0.119 e. The molecule has 0 aliphatic carbocycles. The minimum absolute atomic E-state index is 0.437. The van der Waals surface area contributed by atoms with E-state index in [2.05, 4.69) is 77.7 Å². The minimum Gasteiger partial charge on any atom is -0.492 e. The van der Waals surface area contributed by atoms with Crippen molar-refractivity contribution in [2.45, 2.75) is 52.3 Å². The van der Waals surface area contributed by atoms with Gasteiger partial charge in [-0.2, -0.15) is 0 Å². The molecule has 0 amide bonds. The number of hydrogen-bond donors (Lipinski definition) is 1. The Morgan fingerprint density at radius 3 is 2.64 bits per heavy atom. The molecule has 0 unspecified atom stereocenters. The van der Waals surface area contributed by atoms with Crippen LogP contribution in [-0.4, -0.2) is 65.4 Å². The number of likely N-dealkylation sites (tertiary alicyclic amines) is 1. The second-order valence-electron chi connectivity index (χ2n) is 9.59. The molecule has 5 nitrogen and oxygen atoms in total. The molecule has 33 heavy (non-hydrogen) atoms.